The third-order valence-electron chi connectivity index (χ3n) is 3.62. The van der Waals surface area contributed by atoms with Crippen LogP contribution in [-0.2, 0) is 6.54 Å². The van der Waals surface area contributed by atoms with Gasteiger partial charge in [0.2, 0.25) is 5.13 Å². The zero-order chi connectivity index (χ0) is 12.4. The largest absolute Gasteiger partial charge is 0.360 e. The highest BCUT2D eigenvalue weighted by Crippen LogP contribution is 2.27. The summed E-state index contributed by atoms with van der Waals surface area (Å²) < 4.78 is 0. The molecule has 2 heterocycles. The molecule has 2 fully saturated rings. The van der Waals surface area contributed by atoms with Gasteiger partial charge in [-0.2, -0.15) is 0 Å². The van der Waals surface area contributed by atoms with Gasteiger partial charge in [0.25, 0.3) is 0 Å². The van der Waals surface area contributed by atoms with E-state index in [1.807, 2.05) is 0 Å². The van der Waals surface area contributed by atoms with E-state index in [9.17, 15) is 0 Å². The molecule has 6 heteroatoms. The normalized spacial score (nSPS) is 22.3. The van der Waals surface area contributed by atoms with Crippen LogP contribution in [0.5, 0.6) is 0 Å². The molecule has 2 aliphatic rings. The maximum Gasteiger partial charge on any atom is 0.205 e. The number of anilines is 1. The lowest BCUT2D eigenvalue weighted by Gasteiger charge is -2.34. The molecule has 18 heavy (non-hydrogen) atoms. The van der Waals surface area contributed by atoms with Crippen LogP contribution in [0.2, 0.25) is 0 Å². The molecule has 0 bridgehead atoms. The van der Waals surface area contributed by atoms with E-state index in [1.165, 1.54) is 39.0 Å². The van der Waals surface area contributed by atoms with E-state index in [4.69, 9.17) is 0 Å². The molecule has 1 saturated carbocycles. The van der Waals surface area contributed by atoms with Crippen molar-refractivity contribution in [3.63, 3.8) is 0 Å². The second-order valence-electron chi connectivity index (χ2n) is 5.07. The van der Waals surface area contributed by atoms with Crippen LogP contribution >= 0.6 is 11.3 Å². The number of hydrogen-bond donors (Lipinski definition) is 1. The van der Waals surface area contributed by atoms with Crippen molar-refractivity contribution in [1.82, 2.24) is 20.0 Å². The molecule has 0 spiro atoms. The van der Waals surface area contributed by atoms with Crippen molar-refractivity contribution < 1.29 is 0 Å². The van der Waals surface area contributed by atoms with Gasteiger partial charge in [0.05, 0.1) is 6.54 Å². The molecular formula is C12H21N5S. The van der Waals surface area contributed by atoms with Crippen LogP contribution in [0.4, 0.5) is 5.13 Å². The first kappa shape index (κ1) is 12.3. The van der Waals surface area contributed by atoms with Gasteiger partial charge in [0.1, 0.15) is 5.01 Å². The van der Waals surface area contributed by atoms with Gasteiger partial charge in [-0.1, -0.05) is 11.3 Å². The second kappa shape index (κ2) is 5.50. The second-order valence-corrected chi connectivity index (χ2v) is 6.14. The minimum absolute atomic E-state index is 0.911. The first-order chi connectivity index (χ1) is 8.85. The summed E-state index contributed by atoms with van der Waals surface area (Å²) in [4.78, 5) is 5.13. The number of piperazine rings is 1. The number of nitrogens with one attached hydrogen (secondary N) is 1. The molecule has 1 aliphatic carbocycles. The Balaban J connectivity index is 1.47. The Morgan fingerprint density at radius 1 is 1.22 bits per heavy atom. The highest BCUT2D eigenvalue weighted by molar-refractivity contribution is 7.15. The average molecular weight is 267 g/mol. The predicted molar refractivity (Wildman–Crippen MR) is 73.9 cm³/mol. The Bertz CT molecular complexity index is 382. The molecule has 0 amide bonds. The van der Waals surface area contributed by atoms with Crippen LogP contribution in [0.25, 0.3) is 0 Å². The van der Waals surface area contributed by atoms with Crippen molar-refractivity contribution in [1.29, 1.82) is 0 Å². The van der Waals surface area contributed by atoms with Crippen molar-refractivity contribution in [2.24, 2.45) is 0 Å². The molecule has 0 atom stereocenters. The average Bonchev–Trinajstić information content (AvgIpc) is 3.14. The van der Waals surface area contributed by atoms with Crippen molar-refractivity contribution in [3.05, 3.63) is 5.01 Å². The Hall–Kier alpha value is -0.720. The van der Waals surface area contributed by atoms with Gasteiger partial charge in [0.15, 0.2) is 0 Å². The van der Waals surface area contributed by atoms with Gasteiger partial charge >= 0.3 is 0 Å². The fourth-order valence-corrected chi connectivity index (χ4v) is 3.31. The number of nitrogens with zero attached hydrogens (tertiary/aromatic N) is 4. The fourth-order valence-electron chi connectivity index (χ4n) is 2.46. The quantitative estimate of drug-likeness (QED) is 0.870. The first-order valence-corrected chi connectivity index (χ1v) is 7.69. The third-order valence-corrected chi connectivity index (χ3v) is 4.49. The molecule has 1 aromatic rings. The summed E-state index contributed by atoms with van der Waals surface area (Å²) >= 11 is 1.68. The number of rotatable bonds is 5. The SMILES string of the molecule is CCNc1nnc(CN2CCN(C3CC3)CC2)s1. The molecule has 100 valence electrons. The van der Waals surface area contributed by atoms with Crippen LogP contribution in [-0.4, -0.2) is 58.8 Å². The zero-order valence-corrected chi connectivity index (χ0v) is 11.7. The summed E-state index contributed by atoms with van der Waals surface area (Å²) in [6.45, 7) is 8.75. The smallest absolute Gasteiger partial charge is 0.205 e. The van der Waals surface area contributed by atoms with E-state index < -0.39 is 0 Å². The van der Waals surface area contributed by atoms with Crippen molar-refractivity contribution in [3.8, 4) is 0 Å². The van der Waals surface area contributed by atoms with E-state index in [0.717, 1.165) is 29.3 Å². The molecule has 1 N–H and O–H groups in total. The molecule has 1 aromatic heterocycles. The number of aromatic nitrogens is 2. The Morgan fingerprint density at radius 2 is 2.00 bits per heavy atom. The Morgan fingerprint density at radius 3 is 2.67 bits per heavy atom. The topological polar surface area (TPSA) is 44.3 Å². The standard InChI is InChI=1S/C12H21N5S/c1-2-13-12-15-14-11(18-12)9-16-5-7-17(8-6-16)10-3-4-10/h10H,2-9H2,1H3,(H,13,15). The Kier molecular flexibility index (Phi) is 3.77. The minimum Gasteiger partial charge on any atom is -0.360 e. The van der Waals surface area contributed by atoms with E-state index >= 15 is 0 Å². The van der Waals surface area contributed by atoms with Gasteiger partial charge in [-0.15, -0.1) is 10.2 Å². The molecule has 0 unspecified atom stereocenters. The van der Waals surface area contributed by atoms with Crippen molar-refractivity contribution in [2.45, 2.75) is 32.4 Å². The highest BCUT2D eigenvalue weighted by Gasteiger charge is 2.31. The van der Waals surface area contributed by atoms with E-state index in [-0.39, 0.29) is 0 Å². The maximum atomic E-state index is 4.25. The molecule has 1 saturated heterocycles. The minimum atomic E-state index is 0.911. The Labute approximate surface area is 112 Å². The van der Waals surface area contributed by atoms with E-state index in [0.29, 0.717) is 0 Å². The molecule has 3 rings (SSSR count). The molecule has 0 aromatic carbocycles. The van der Waals surface area contributed by atoms with Crippen LogP contribution < -0.4 is 5.32 Å². The first-order valence-electron chi connectivity index (χ1n) is 6.88. The van der Waals surface area contributed by atoms with Crippen molar-refractivity contribution in [2.75, 3.05) is 38.0 Å². The van der Waals surface area contributed by atoms with Crippen LogP contribution in [0.3, 0.4) is 0 Å². The van der Waals surface area contributed by atoms with E-state index in [2.05, 4.69) is 32.2 Å². The van der Waals surface area contributed by atoms with Gasteiger partial charge in [-0.3, -0.25) is 9.80 Å². The van der Waals surface area contributed by atoms with Gasteiger partial charge in [-0.25, -0.2) is 0 Å². The summed E-state index contributed by atoms with van der Waals surface area (Å²) in [7, 11) is 0. The number of hydrogen-bond acceptors (Lipinski definition) is 6. The fraction of sp³-hybridized carbons (Fsp3) is 0.833. The summed E-state index contributed by atoms with van der Waals surface area (Å²) in [5.74, 6) is 0. The van der Waals surface area contributed by atoms with Crippen LogP contribution in [0.1, 0.15) is 24.8 Å². The zero-order valence-electron chi connectivity index (χ0n) is 10.9. The van der Waals surface area contributed by atoms with Gasteiger partial charge in [0, 0.05) is 38.8 Å². The summed E-state index contributed by atoms with van der Waals surface area (Å²) in [6, 6.07) is 0.911. The third kappa shape index (κ3) is 2.99. The molecular weight excluding hydrogens is 246 g/mol. The van der Waals surface area contributed by atoms with Gasteiger partial charge in [-0.05, 0) is 19.8 Å². The van der Waals surface area contributed by atoms with Crippen LogP contribution in [0.15, 0.2) is 0 Å². The lowest BCUT2D eigenvalue weighted by molar-refractivity contribution is 0.121. The van der Waals surface area contributed by atoms with Crippen molar-refractivity contribution >= 4 is 16.5 Å². The predicted octanol–water partition coefficient (Wildman–Crippen LogP) is 1.25. The van der Waals surface area contributed by atoms with E-state index in [1.54, 1.807) is 11.3 Å². The highest BCUT2D eigenvalue weighted by atomic mass is 32.1. The summed E-state index contributed by atoms with van der Waals surface area (Å²) in [6.07, 6.45) is 2.84. The molecule has 1 aliphatic heterocycles. The lowest BCUT2D eigenvalue weighted by Crippen LogP contribution is -2.46. The maximum absolute atomic E-state index is 4.25. The summed E-state index contributed by atoms with van der Waals surface area (Å²) in [5.41, 5.74) is 0. The monoisotopic (exact) mass is 267 g/mol. The van der Waals surface area contributed by atoms with Crippen LogP contribution in [0, 0.1) is 0 Å². The summed E-state index contributed by atoms with van der Waals surface area (Å²) in [5, 5.41) is 13.7. The molecule has 0 radical (unpaired) electrons. The molecule has 5 nitrogen and oxygen atoms in total. The lowest BCUT2D eigenvalue weighted by atomic mass is 10.3. The van der Waals surface area contributed by atoms with Gasteiger partial charge < -0.3 is 5.32 Å².